The van der Waals surface area contributed by atoms with Crippen LogP contribution < -0.4 is 4.90 Å². The molecular formula is C13H17NO2. The summed E-state index contributed by atoms with van der Waals surface area (Å²) in [6, 6.07) is 8.50. The quantitative estimate of drug-likeness (QED) is 0.573. The van der Waals surface area contributed by atoms with Crippen LogP contribution >= 0.6 is 0 Å². The highest BCUT2D eigenvalue weighted by atomic mass is 16.5. The van der Waals surface area contributed by atoms with Crippen molar-refractivity contribution in [3.05, 3.63) is 29.8 Å². The molecule has 0 spiro atoms. The Hall–Kier alpha value is -1.51. The fourth-order valence-corrected chi connectivity index (χ4v) is 2.11. The van der Waals surface area contributed by atoms with Gasteiger partial charge in [0, 0.05) is 25.7 Å². The number of para-hydroxylation sites is 1. The van der Waals surface area contributed by atoms with Crippen molar-refractivity contribution in [1.29, 1.82) is 0 Å². The van der Waals surface area contributed by atoms with E-state index in [1.54, 1.807) is 0 Å². The maximum Gasteiger partial charge on any atom is 0.302 e. The number of benzene rings is 1. The lowest BCUT2D eigenvalue weighted by atomic mass is 10.2. The molecular weight excluding hydrogens is 202 g/mol. The van der Waals surface area contributed by atoms with Gasteiger partial charge in [0.25, 0.3) is 0 Å². The third-order valence-electron chi connectivity index (χ3n) is 2.86. The predicted molar refractivity (Wildman–Crippen MR) is 63.6 cm³/mol. The minimum Gasteiger partial charge on any atom is -0.466 e. The summed E-state index contributed by atoms with van der Waals surface area (Å²) in [5.74, 6) is -0.193. The fraction of sp³-hybridized carbons (Fsp3) is 0.462. The van der Waals surface area contributed by atoms with E-state index < -0.39 is 0 Å². The van der Waals surface area contributed by atoms with Gasteiger partial charge in [-0.2, -0.15) is 0 Å². The van der Waals surface area contributed by atoms with Gasteiger partial charge < -0.3 is 9.64 Å². The van der Waals surface area contributed by atoms with Crippen LogP contribution in [0.5, 0.6) is 0 Å². The molecule has 2 rings (SSSR count). The molecule has 86 valence electrons. The van der Waals surface area contributed by atoms with Gasteiger partial charge in [-0.1, -0.05) is 18.2 Å². The predicted octanol–water partition coefficient (Wildman–Crippen LogP) is 2.00. The van der Waals surface area contributed by atoms with E-state index in [9.17, 15) is 4.79 Å². The Labute approximate surface area is 96.0 Å². The van der Waals surface area contributed by atoms with Gasteiger partial charge in [0.15, 0.2) is 0 Å². The highest BCUT2D eigenvalue weighted by Crippen LogP contribution is 2.27. The first-order chi connectivity index (χ1) is 7.77. The molecule has 0 saturated carbocycles. The van der Waals surface area contributed by atoms with E-state index in [4.69, 9.17) is 4.74 Å². The highest BCUT2D eigenvalue weighted by molar-refractivity contribution is 5.65. The average molecular weight is 219 g/mol. The zero-order chi connectivity index (χ0) is 11.4. The van der Waals surface area contributed by atoms with Crippen molar-refractivity contribution in [2.24, 2.45) is 0 Å². The normalized spacial score (nSPS) is 13.7. The first kappa shape index (κ1) is 11.0. The number of nitrogens with zero attached hydrogens (tertiary/aromatic N) is 1. The van der Waals surface area contributed by atoms with Crippen LogP contribution in [-0.2, 0) is 16.0 Å². The Morgan fingerprint density at radius 1 is 1.44 bits per heavy atom. The second kappa shape index (κ2) is 5.01. The van der Waals surface area contributed by atoms with Gasteiger partial charge in [0.05, 0.1) is 6.61 Å². The Morgan fingerprint density at radius 3 is 3.06 bits per heavy atom. The van der Waals surface area contributed by atoms with Crippen molar-refractivity contribution >= 4 is 11.7 Å². The van der Waals surface area contributed by atoms with Gasteiger partial charge >= 0.3 is 5.97 Å². The number of carbonyl (C=O) groups excluding carboxylic acids is 1. The second-order valence-electron chi connectivity index (χ2n) is 4.06. The Bertz CT molecular complexity index is 376. The molecule has 1 aliphatic rings. The molecule has 16 heavy (non-hydrogen) atoms. The number of hydrogen-bond acceptors (Lipinski definition) is 3. The zero-order valence-electron chi connectivity index (χ0n) is 9.61. The summed E-state index contributed by atoms with van der Waals surface area (Å²) in [4.78, 5) is 13.0. The number of ether oxygens (including phenoxy) is 1. The molecule has 1 heterocycles. The molecule has 1 aromatic carbocycles. The summed E-state index contributed by atoms with van der Waals surface area (Å²) in [5.41, 5.74) is 2.76. The number of anilines is 1. The molecule has 0 fully saturated rings. The Kier molecular flexibility index (Phi) is 3.44. The van der Waals surface area contributed by atoms with Gasteiger partial charge in [0.2, 0.25) is 0 Å². The SMILES string of the molecule is CC(=O)OCCCN1CCc2ccccc21. The van der Waals surface area contributed by atoms with E-state index >= 15 is 0 Å². The van der Waals surface area contributed by atoms with Crippen molar-refractivity contribution in [3.63, 3.8) is 0 Å². The van der Waals surface area contributed by atoms with Crippen molar-refractivity contribution in [1.82, 2.24) is 0 Å². The molecule has 1 aliphatic heterocycles. The van der Waals surface area contributed by atoms with Crippen LogP contribution in [0.15, 0.2) is 24.3 Å². The number of esters is 1. The van der Waals surface area contributed by atoms with Gasteiger partial charge in [-0.15, -0.1) is 0 Å². The van der Waals surface area contributed by atoms with E-state index in [0.29, 0.717) is 6.61 Å². The number of carbonyl (C=O) groups is 1. The van der Waals surface area contributed by atoms with Crippen molar-refractivity contribution in [2.45, 2.75) is 19.8 Å². The van der Waals surface area contributed by atoms with E-state index in [1.165, 1.54) is 18.2 Å². The molecule has 0 radical (unpaired) electrons. The summed E-state index contributed by atoms with van der Waals surface area (Å²) in [6.45, 7) is 4.02. The molecule has 3 heteroatoms. The van der Waals surface area contributed by atoms with Crippen LogP contribution in [0.1, 0.15) is 18.9 Å². The van der Waals surface area contributed by atoms with Crippen LogP contribution in [0.4, 0.5) is 5.69 Å². The molecule has 0 unspecified atom stereocenters. The van der Waals surface area contributed by atoms with E-state index in [-0.39, 0.29) is 5.97 Å². The average Bonchev–Trinajstić information content (AvgIpc) is 2.68. The topological polar surface area (TPSA) is 29.5 Å². The summed E-state index contributed by atoms with van der Waals surface area (Å²) in [7, 11) is 0. The summed E-state index contributed by atoms with van der Waals surface area (Å²) in [6.07, 6.45) is 2.03. The van der Waals surface area contributed by atoms with Crippen LogP contribution in [0.2, 0.25) is 0 Å². The van der Waals surface area contributed by atoms with E-state index in [1.807, 2.05) is 0 Å². The Balaban J connectivity index is 1.82. The van der Waals surface area contributed by atoms with Crippen LogP contribution in [-0.4, -0.2) is 25.7 Å². The summed E-state index contributed by atoms with van der Waals surface area (Å²) in [5, 5.41) is 0. The zero-order valence-corrected chi connectivity index (χ0v) is 9.61. The van der Waals surface area contributed by atoms with E-state index in [0.717, 1.165) is 25.9 Å². The molecule has 0 atom stereocenters. The standard InChI is InChI=1S/C13H17NO2/c1-11(15)16-10-4-8-14-9-7-12-5-2-3-6-13(12)14/h2-3,5-6H,4,7-10H2,1H3. The summed E-state index contributed by atoms with van der Waals surface area (Å²) >= 11 is 0. The summed E-state index contributed by atoms with van der Waals surface area (Å²) < 4.78 is 4.92. The fourth-order valence-electron chi connectivity index (χ4n) is 2.11. The van der Waals surface area contributed by atoms with Crippen LogP contribution in [0.25, 0.3) is 0 Å². The molecule has 0 saturated heterocycles. The minimum atomic E-state index is -0.193. The largest absolute Gasteiger partial charge is 0.466 e. The van der Waals surface area contributed by atoms with Crippen LogP contribution in [0.3, 0.4) is 0 Å². The highest BCUT2D eigenvalue weighted by Gasteiger charge is 2.17. The lowest BCUT2D eigenvalue weighted by molar-refractivity contribution is -0.140. The molecule has 0 amide bonds. The number of rotatable bonds is 4. The van der Waals surface area contributed by atoms with Crippen molar-refractivity contribution < 1.29 is 9.53 Å². The third kappa shape index (κ3) is 2.54. The van der Waals surface area contributed by atoms with Gasteiger partial charge in [-0.3, -0.25) is 4.79 Å². The number of fused-ring (bicyclic) bond motifs is 1. The van der Waals surface area contributed by atoms with Gasteiger partial charge in [0.1, 0.15) is 0 Å². The number of hydrogen-bond donors (Lipinski definition) is 0. The van der Waals surface area contributed by atoms with E-state index in [2.05, 4.69) is 29.2 Å². The second-order valence-corrected chi connectivity index (χ2v) is 4.06. The van der Waals surface area contributed by atoms with Gasteiger partial charge in [-0.05, 0) is 24.5 Å². The maximum atomic E-state index is 10.6. The molecule has 0 aromatic heterocycles. The van der Waals surface area contributed by atoms with Gasteiger partial charge in [-0.25, -0.2) is 0 Å². The molecule has 1 aromatic rings. The first-order valence-corrected chi connectivity index (χ1v) is 5.73. The smallest absolute Gasteiger partial charge is 0.302 e. The van der Waals surface area contributed by atoms with Crippen molar-refractivity contribution in [2.75, 3.05) is 24.6 Å². The van der Waals surface area contributed by atoms with Crippen molar-refractivity contribution in [3.8, 4) is 0 Å². The van der Waals surface area contributed by atoms with Crippen LogP contribution in [0, 0.1) is 0 Å². The Morgan fingerprint density at radius 2 is 2.25 bits per heavy atom. The third-order valence-corrected chi connectivity index (χ3v) is 2.86. The molecule has 0 N–H and O–H groups in total. The minimum absolute atomic E-state index is 0.193. The molecule has 0 bridgehead atoms. The maximum absolute atomic E-state index is 10.6. The molecule has 3 nitrogen and oxygen atoms in total. The monoisotopic (exact) mass is 219 g/mol. The lowest BCUT2D eigenvalue weighted by Gasteiger charge is -2.18. The molecule has 0 aliphatic carbocycles. The lowest BCUT2D eigenvalue weighted by Crippen LogP contribution is -2.23. The first-order valence-electron chi connectivity index (χ1n) is 5.73.